The van der Waals surface area contributed by atoms with Crippen LogP contribution in [0.2, 0.25) is 0 Å². The predicted molar refractivity (Wildman–Crippen MR) is 111 cm³/mol. The Morgan fingerprint density at radius 2 is 1.81 bits per heavy atom. The average molecular weight is 365 g/mol. The topological polar surface area (TPSA) is 53.9 Å². The molecule has 0 radical (unpaired) electrons. The number of methoxy groups -OCH3 is 1. The van der Waals surface area contributed by atoms with Crippen molar-refractivity contribution in [3.63, 3.8) is 0 Å². The number of carbonyl (C=O) groups excluding carboxylic acids is 1. The first-order valence-electron chi connectivity index (χ1n) is 8.89. The van der Waals surface area contributed by atoms with Crippen molar-refractivity contribution in [1.82, 2.24) is 10.3 Å². The van der Waals surface area contributed by atoms with Crippen molar-refractivity contribution in [2.45, 2.75) is 6.92 Å². The van der Waals surface area contributed by atoms with Gasteiger partial charge in [0.2, 0.25) is 0 Å². The first kappa shape index (κ1) is 20.4. The SMILES string of the molecule is COc1ccc(/C=C\C(=N\NC(=O)c2ccccc2)[C@@H](C)CN(C)C)cc1. The van der Waals surface area contributed by atoms with Crippen LogP contribution in [0.25, 0.3) is 6.08 Å². The second kappa shape index (κ2) is 10.3. The zero-order chi connectivity index (χ0) is 19.6. The fourth-order valence-electron chi connectivity index (χ4n) is 2.62. The smallest absolute Gasteiger partial charge is 0.271 e. The first-order valence-corrected chi connectivity index (χ1v) is 8.89. The van der Waals surface area contributed by atoms with Gasteiger partial charge in [0.15, 0.2) is 0 Å². The monoisotopic (exact) mass is 365 g/mol. The van der Waals surface area contributed by atoms with Gasteiger partial charge in [-0.15, -0.1) is 0 Å². The maximum absolute atomic E-state index is 12.3. The lowest BCUT2D eigenvalue weighted by atomic mass is 10.0. The molecular weight excluding hydrogens is 338 g/mol. The van der Waals surface area contributed by atoms with E-state index >= 15 is 0 Å². The summed E-state index contributed by atoms with van der Waals surface area (Å²) in [6.07, 6.45) is 3.93. The quantitative estimate of drug-likeness (QED) is 0.573. The first-order chi connectivity index (χ1) is 13.0. The molecule has 0 aromatic heterocycles. The van der Waals surface area contributed by atoms with Gasteiger partial charge in [-0.3, -0.25) is 4.79 Å². The molecule has 0 aliphatic rings. The third-order valence-corrected chi connectivity index (χ3v) is 4.03. The molecule has 5 heteroatoms. The zero-order valence-electron chi connectivity index (χ0n) is 16.3. The zero-order valence-corrected chi connectivity index (χ0v) is 16.3. The molecule has 5 nitrogen and oxygen atoms in total. The molecule has 0 bridgehead atoms. The Labute approximate surface area is 161 Å². The highest BCUT2D eigenvalue weighted by Gasteiger charge is 2.11. The lowest BCUT2D eigenvalue weighted by molar-refractivity contribution is 0.0954. The number of hydrogen-bond donors (Lipinski definition) is 1. The maximum atomic E-state index is 12.3. The summed E-state index contributed by atoms with van der Waals surface area (Å²) in [5.41, 5.74) is 5.10. The van der Waals surface area contributed by atoms with Crippen LogP contribution >= 0.6 is 0 Å². The van der Waals surface area contributed by atoms with Gasteiger partial charge in [0.25, 0.3) is 5.91 Å². The number of amides is 1. The molecular formula is C22H27N3O2. The number of carbonyl (C=O) groups is 1. The molecule has 0 fully saturated rings. The summed E-state index contributed by atoms with van der Waals surface area (Å²) in [5, 5.41) is 4.38. The average Bonchev–Trinajstić information content (AvgIpc) is 2.68. The normalized spacial score (nSPS) is 13.0. The molecule has 0 saturated heterocycles. The number of hydrogen-bond acceptors (Lipinski definition) is 4. The van der Waals surface area contributed by atoms with E-state index in [1.54, 1.807) is 19.2 Å². The Morgan fingerprint density at radius 3 is 2.41 bits per heavy atom. The van der Waals surface area contributed by atoms with E-state index in [0.29, 0.717) is 5.56 Å². The van der Waals surface area contributed by atoms with E-state index in [0.717, 1.165) is 23.6 Å². The van der Waals surface area contributed by atoms with Crippen molar-refractivity contribution in [2.24, 2.45) is 11.0 Å². The van der Waals surface area contributed by atoms with Crippen LogP contribution in [0, 0.1) is 5.92 Å². The highest BCUT2D eigenvalue weighted by Crippen LogP contribution is 2.13. The fraction of sp³-hybridized carbons (Fsp3) is 0.273. The molecule has 0 saturated carbocycles. The standard InChI is InChI=1S/C22H27N3O2/c1-17(16-25(2)3)21(15-12-18-10-13-20(27-4)14-11-18)23-24-22(26)19-8-6-5-7-9-19/h5-15,17H,16H2,1-4H3,(H,24,26)/b15-12-,23-21-/t17-/m0/s1. The highest BCUT2D eigenvalue weighted by molar-refractivity contribution is 6.01. The van der Waals surface area contributed by atoms with Gasteiger partial charge in [-0.2, -0.15) is 5.10 Å². The van der Waals surface area contributed by atoms with Crippen LogP contribution in [0.3, 0.4) is 0 Å². The molecule has 27 heavy (non-hydrogen) atoms. The number of rotatable bonds is 8. The molecule has 0 unspecified atom stereocenters. The van der Waals surface area contributed by atoms with Crippen molar-refractivity contribution in [3.05, 3.63) is 71.8 Å². The largest absolute Gasteiger partial charge is 0.497 e. The van der Waals surface area contributed by atoms with E-state index in [9.17, 15) is 4.79 Å². The van der Waals surface area contributed by atoms with Crippen molar-refractivity contribution < 1.29 is 9.53 Å². The molecule has 0 heterocycles. The van der Waals surface area contributed by atoms with Crippen molar-refractivity contribution in [3.8, 4) is 5.75 Å². The van der Waals surface area contributed by atoms with Crippen molar-refractivity contribution in [1.29, 1.82) is 0 Å². The van der Waals surface area contributed by atoms with Gasteiger partial charge in [-0.25, -0.2) is 5.43 Å². The highest BCUT2D eigenvalue weighted by atomic mass is 16.5. The number of ether oxygens (including phenoxy) is 1. The summed E-state index contributed by atoms with van der Waals surface area (Å²) in [6, 6.07) is 16.9. The number of nitrogens with one attached hydrogen (secondary N) is 1. The lowest BCUT2D eigenvalue weighted by Gasteiger charge is -2.17. The summed E-state index contributed by atoms with van der Waals surface area (Å²) in [5.74, 6) is 0.755. The summed E-state index contributed by atoms with van der Waals surface area (Å²) in [7, 11) is 5.68. The van der Waals surface area contributed by atoms with Gasteiger partial charge in [0.05, 0.1) is 12.8 Å². The van der Waals surface area contributed by atoms with E-state index in [1.165, 1.54) is 0 Å². The maximum Gasteiger partial charge on any atom is 0.271 e. The van der Waals surface area contributed by atoms with E-state index in [4.69, 9.17) is 4.74 Å². The van der Waals surface area contributed by atoms with Crippen LogP contribution in [0.1, 0.15) is 22.8 Å². The fourth-order valence-corrected chi connectivity index (χ4v) is 2.62. The van der Waals surface area contributed by atoms with Gasteiger partial charge in [-0.05, 0) is 50.0 Å². The Balaban J connectivity index is 2.16. The van der Waals surface area contributed by atoms with Crippen LogP contribution in [-0.2, 0) is 0 Å². The summed E-state index contributed by atoms with van der Waals surface area (Å²) < 4.78 is 5.18. The molecule has 0 spiro atoms. The van der Waals surface area contributed by atoms with E-state index in [2.05, 4.69) is 22.4 Å². The number of benzene rings is 2. The van der Waals surface area contributed by atoms with Crippen LogP contribution < -0.4 is 10.2 Å². The van der Waals surface area contributed by atoms with Crippen LogP contribution in [0.4, 0.5) is 0 Å². The minimum Gasteiger partial charge on any atom is -0.497 e. The Hall–Kier alpha value is -2.92. The van der Waals surface area contributed by atoms with Gasteiger partial charge < -0.3 is 9.64 Å². The minimum atomic E-state index is -0.219. The van der Waals surface area contributed by atoms with Crippen LogP contribution in [-0.4, -0.2) is 44.3 Å². The Bertz CT molecular complexity index is 781. The molecule has 1 atom stereocenters. The summed E-state index contributed by atoms with van der Waals surface area (Å²) >= 11 is 0. The summed E-state index contributed by atoms with van der Waals surface area (Å²) in [6.45, 7) is 2.92. The Morgan fingerprint density at radius 1 is 1.15 bits per heavy atom. The number of allylic oxidation sites excluding steroid dienone is 1. The van der Waals surface area contributed by atoms with Crippen molar-refractivity contribution >= 4 is 17.7 Å². The number of nitrogens with zero attached hydrogens (tertiary/aromatic N) is 2. The van der Waals surface area contributed by atoms with Crippen molar-refractivity contribution in [2.75, 3.05) is 27.7 Å². The van der Waals surface area contributed by atoms with Gasteiger partial charge in [-0.1, -0.05) is 43.3 Å². The van der Waals surface area contributed by atoms with E-state index < -0.39 is 0 Å². The van der Waals surface area contributed by atoms with Crippen LogP contribution in [0.5, 0.6) is 5.75 Å². The van der Waals surface area contributed by atoms with Crippen LogP contribution in [0.15, 0.2) is 65.8 Å². The minimum absolute atomic E-state index is 0.158. The molecule has 1 N–H and O–H groups in total. The third-order valence-electron chi connectivity index (χ3n) is 4.03. The van der Waals surface area contributed by atoms with E-state index in [-0.39, 0.29) is 11.8 Å². The lowest BCUT2D eigenvalue weighted by Crippen LogP contribution is -2.27. The van der Waals surface area contributed by atoms with Gasteiger partial charge in [0, 0.05) is 18.0 Å². The summed E-state index contributed by atoms with van der Waals surface area (Å²) in [4.78, 5) is 14.4. The molecule has 142 valence electrons. The van der Waals surface area contributed by atoms with E-state index in [1.807, 2.05) is 68.7 Å². The molecule has 1 amide bonds. The Kier molecular flexibility index (Phi) is 7.77. The molecule has 2 aromatic carbocycles. The third kappa shape index (κ3) is 6.72. The van der Waals surface area contributed by atoms with Gasteiger partial charge >= 0.3 is 0 Å². The second-order valence-electron chi connectivity index (χ2n) is 6.61. The predicted octanol–water partition coefficient (Wildman–Crippen LogP) is 3.69. The van der Waals surface area contributed by atoms with Gasteiger partial charge in [0.1, 0.15) is 5.75 Å². The molecule has 2 rings (SSSR count). The molecule has 0 aliphatic carbocycles. The number of hydrazone groups is 1. The molecule has 2 aromatic rings. The molecule has 0 aliphatic heterocycles. The second-order valence-corrected chi connectivity index (χ2v) is 6.61.